The van der Waals surface area contributed by atoms with Crippen LogP contribution in [-0.4, -0.2) is 77.6 Å². The molecule has 3 heterocycles. The SMILES string of the molecule is COc1ccc2c(c1)C1(CC1c1ccc3c(/C=C/c4ccc(N5CCN(C(C)C)CC5)cc4)n[nH]c3c1)C(=O)N2.O=C(O)C(F)(F)F. The van der Waals surface area contributed by atoms with Crippen LogP contribution in [0.5, 0.6) is 5.75 Å². The van der Waals surface area contributed by atoms with Crippen molar-refractivity contribution in [2.75, 3.05) is 43.5 Å². The third-order valence-electron chi connectivity index (χ3n) is 9.32. The maximum Gasteiger partial charge on any atom is 0.490 e. The molecule has 1 saturated carbocycles. The molecule has 1 amide bonds. The van der Waals surface area contributed by atoms with Gasteiger partial charge in [0.15, 0.2) is 0 Å². The number of hydrogen-bond acceptors (Lipinski definition) is 6. The summed E-state index contributed by atoms with van der Waals surface area (Å²) in [6, 6.07) is 21.7. The summed E-state index contributed by atoms with van der Waals surface area (Å²) in [6.07, 6.45) is -0.0949. The Morgan fingerprint density at radius 2 is 1.74 bits per heavy atom. The summed E-state index contributed by atoms with van der Waals surface area (Å²) in [5.41, 5.74) is 6.92. The van der Waals surface area contributed by atoms with Gasteiger partial charge in [0.25, 0.3) is 0 Å². The Kier molecular flexibility index (Phi) is 8.47. The van der Waals surface area contributed by atoms with E-state index >= 15 is 0 Å². The molecule has 2 aliphatic heterocycles. The maximum absolute atomic E-state index is 13.0. The molecule has 1 spiro atoms. The lowest BCUT2D eigenvalue weighted by Crippen LogP contribution is -2.48. The molecule has 1 aromatic heterocycles. The van der Waals surface area contributed by atoms with Crippen molar-refractivity contribution in [2.24, 2.45) is 0 Å². The van der Waals surface area contributed by atoms with Crippen molar-refractivity contribution < 1.29 is 32.6 Å². The van der Waals surface area contributed by atoms with E-state index in [2.05, 4.69) is 93.8 Å². The number of aliphatic carboxylic acids is 1. The van der Waals surface area contributed by atoms with Crippen LogP contribution >= 0.6 is 0 Å². The van der Waals surface area contributed by atoms with E-state index in [9.17, 15) is 18.0 Å². The molecule has 246 valence electrons. The van der Waals surface area contributed by atoms with E-state index in [0.717, 1.165) is 77.3 Å². The molecule has 7 rings (SSSR count). The summed E-state index contributed by atoms with van der Waals surface area (Å²) in [7, 11) is 1.66. The van der Waals surface area contributed by atoms with Gasteiger partial charge in [-0.1, -0.05) is 30.3 Å². The van der Waals surface area contributed by atoms with Gasteiger partial charge < -0.3 is 20.1 Å². The molecule has 9 nitrogen and oxygen atoms in total. The summed E-state index contributed by atoms with van der Waals surface area (Å²) in [4.78, 5) is 27.0. The van der Waals surface area contributed by atoms with Gasteiger partial charge in [-0.2, -0.15) is 18.3 Å². The number of halogens is 3. The molecule has 12 heteroatoms. The molecule has 3 N–H and O–H groups in total. The Hall–Kier alpha value is -4.84. The van der Waals surface area contributed by atoms with Crippen molar-refractivity contribution in [3.8, 4) is 5.75 Å². The van der Waals surface area contributed by atoms with Gasteiger partial charge in [-0.25, -0.2) is 4.79 Å². The van der Waals surface area contributed by atoms with Crippen LogP contribution in [0.15, 0.2) is 60.7 Å². The van der Waals surface area contributed by atoms with Crippen molar-refractivity contribution >= 4 is 46.3 Å². The Morgan fingerprint density at radius 1 is 1.04 bits per heavy atom. The topological polar surface area (TPSA) is 111 Å². The second kappa shape index (κ2) is 12.4. The number of piperazine rings is 1. The fourth-order valence-corrected chi connectivity index (χ4v) is 6.57. The molecule has 2 atom stereocenters. The number of amides is 1. The number of nitrogens with one attached hydrogen (secondary N) is 2. The van der Waals surface area contributed by atoms with Crippen LogP contribution in [0.4, 0.5) is 24.5 Å². The molecule has 47 heavy (non-hydrogen) atoms. The van der Waals surface area contributed by atoms with Crippen molar-refractivity contribution in [2.45, 2.75) is 43.8 Å². The van der Waals surface area contributed by atoms with Crippen molar-refractivity contribution in [1.29, 1.82) is 0 Å². The lowest BCUT2D eigenvalue weighted by atomic mass is 9.91. The van der Waals surface area contributed by atoms with E-state index in [-0.39, 0.29) is 11.8 Å². The molecular formula is C35H36F3N5O4. The van der Waals surface area contributed by atoms with Gasteiger partial charge in [0, 0.05) is 54.9 Å². The fourth-order valence-electron chi connectivity index (χ4n) is 6.57. The Morgan fingerprint density at radius 3 is 2.38 bits per heavy atom. The molecule has 3 aliphatic rings. The monoisotopic (exact) mass is 647 g/mol. The molecule has 1 aliphatic carbocycles. The highest BCUT2D eigenvalue weighted by atomic mass is 19.4. The van der Waals surface area contributed by atoms with E-state index in [1.165, 1.54) is 5.69 Å². The van der Waals surface area contributed by atoms with E-state index in [1.54, 1.807) is 7.11 Å². The first-order valence-corrected chi connectivity index (χ1v) is 15.5. The Labute approximate surface area is 270 Å². The standard InChI is InChI=1S/C33H35N5O2.C2HF3O2/c1-21(2)37-14-16-38(17-15-37)24-8-4-22(5-9-24)6-12-29-26-11-7-23(18-31(26)36-35-29)28-20-33(28)27-19-25(40-3)10-13-30(27)34-32(33)39;3-2(4,5)1(6)7/h4-13,18-19,21,28H,14-17,20H2,1-3H3,(H,34,39)(H,35,36);(H,6,7)/b12-6+;. The van der Waals surface area contributed by atoms with Gasteiger partial charge in [-0.3, -0.25) is 14.8 Å². The molecule has 0 radical (unpaired) electrons. The minimum atomic E-state index is -5.08. The average molecular weight is 648 g/mol. The van der Waals surface area contributed by atoms with Gasteiger partial charge in [0.1, 0.15) is 5.75 Å². The number of aromatic amines is 1. The second-order valence-corrected chi connectivity index (χ2v) is 12.4. The number of hydrogen-bond donors (Lipinski definition) is 3. The van der Waals surface area contributed by atoms with Crippen molar-refractivity contribution in [1.82, 2.24) is 15.1 Å². The molecule has 1 saturated heterocycles. The summed E-state index contributed by atoms with van der Waals surface area (Å²) in [5, 5.41) is 19.1. The quantitative estimate of drug-likeness (QED) is 0.226. The van der Waals surface area contributed by atoms with Crippen LogP contribution in [0, 0.1) is 0 Å². The maximum atomic E-state index is 13.0. The first-order chi connectivity index (χ1) is 22.4. The van der Waals surface area contributed by atoms with Crippen molar-refractivity contribution in [3.05, 3.63) is 83.0 Å². The second-order valence-electron chi connectivity index (χ2n) is 12.4. The molecule has 3 aromatic carbocycles. The number of carboxylic acids is 1. The molecule has 0 bridgehead atoms. The first kappa shape index (κ1) is 32.1. The van der Waals surface area contributed by atoms with Crippen LogP contribution in [0.2, 0.25) is 0 Å². The van der Waals surface area contributed by atoms with Gasteiger partial charge in [0.2, 0.25) is 5.91 Å². The Bertz CT molecular complexity index is 1830. The van der Waals surface area contributed by atoms with E-state index in [1.807, 2.05) is 18.2 Å². The predicted molar refractivity (Wildman–Crippen MR) is 175 cm³/mol. The van der Waals surface area contributed by atoms with E-state index < -0.39 is 17.6 Å². The molecular weight excluding hydrogens is 611 g/mol. The third kappa shape index (κ3) is 6.29. The van der Waals surface area contributed by atoms with Crippen LogP contribution < -0.4 is 15.0 Å². The first-order valence-electron chi connectivity index (χ1n) is 15.5. The van der Waals surface area contributed by atoms with Crippen LogP contribution in [-0.2, 0) is 15.0 Å². The number of ether oxygens (including phenoxy) is 1. The number of carbonyl (C=O) groups is 2. The smallest absolute Gasteiger partial charge is 0.490 e. The minimum absolute atomic E-state index is 0.0814. The lowest BCUT2D eigenvalue weighted by Gasteiger charge is -2.38. The third-order valence-corrected chi connectivity index (χ3v) is 9.32. The number of nitrogens with zero attached hydrogens (tertiary/aromatic N) is 3. The normalized spacial score (nSPS) is 20.8. The van der Waals surface area contributed by atoms with Gasteiger partial charge in [-0.15, -0.1) is 0 Å². The van der Waals surface area contributed by atoms with Crippen LogP contribution in [0.1, 0.15) is 48.6 Å². The number of alkyl halides is 3. The average Bonchev–Trinajstić information content (AvgIpc) is 3.60. The number of H-pyrrole nitrogens is 1. The predicted octanol–water partition coefficient (Wildman–Crippen LogP) is 6.28. The summed E-state index contributed by atoms with van der Waals surface area (Å²) < 4.78 is 37.2. The number of aromatic nitrogens is 2. The van der Waals surface area contributed by atoms with Crippen molar-refractivity contribution in [3.63, 3.8) is 0 Å². The molecule has 4 aromatic rings. The number of methoxy groups -OCH3 is 1. The summed E-state index contributed by atoms with van der Waals surface area (Å²) in [6.45, 7) is 8.92. The number of carbonyl (C=O) groups excluding carboxylic acids is 1. The van der Waals surface area contributed by atoms with Crippen LogP contribution in [0.3, 0.4) is 0 Å². The highest BCUT2D eigenvalue weighted by Gasteiger charge is 2.65. The number of carboxylic acid groups (broad SMARTS) is 1. The fraction of sp³-hybridized carbons (Fsp3) is 0.343. The Balaban J connectivity index is 0.000000499. The number of benzene rings is 3. The number of rotatable bonds is 6. The zero-order valence-corrected chi connectivity index (χ0v) is 26.3. The zero-order chi connectivity index (χ0) is 33.5. The van der Waals surface area contributed by atoms with Gasteiger partial charge in [-0.05, 0) is 79.4 Å². The zero-order valence-electron chi connectivity index (χ0n) is 26.3. The van der Waals surface area contributed by atoms with Crippen LogP contribution in [0.25, 0.3) is 23.1 Å². The van der Waals surface area contributed by atoms with E-state index in [0.29, 0.717) is 6.04 Å². The largest absolute Gasteiger partial charge is 0.497 e. The van der Waals surface area contributed by atoms with E-state index in [4.69, 9.17) is 14.6 Å². The highest BCUT2D eigenvalue weighted by Crippen LogP contribution is 2.65. The summed E-state index contributed by atoms with van der Waals surface area (Å²) in [5.74, 6) is -1.76. The van der Waals surface area contributed by atoms with Gasteiger partial charge >= 0.3 is 12.1 Å². The molecule has 2 unspecified atom stereocenters. The lowest BCUT2D eigenvalue weighted by molar-refractivity contribution is -0.192. The summed E-state index contributed by atoms with van der Waals surface area (Å²) >= 11 is 0. The number of anilines is 2. The highest BCUT2D eigenvalue weighted by molar-refractivity contribution is 6.10. The number of fused-ring (bicyclic) bond motifs is 3. The molecule has 2 fully saturated rings. The minimum Gasteiger partial charge on any atom is -0.497 e. The van der Waals surface area contributed by atoms with Gasteiger partial charge in [0.05, 0.1) is 23.7 Å².